The van der Waals surface area contributed by atoms with E-state index in [4.69, 9.17) is 4.74 Å². The normalized spacial score (nSPS) is 11.2. The summed E-state index contributed by atoms with van der Waals surface area (Å²) in [5.74, 6) is 0.603. The summed E-state index contributed by atoms with van der Waals surface area (Å²) >= 11 is 0. The lowest BCUT2D eigenvalue weighted by molar-refractivity contribution is -0.385. The van der Waals surface area contributed by atoms with E-state index in [9.17, 15) is 10.1 Å². The zero-order valence-electron chi connectivity index (χ0n) is 11.5. The molecule has 0 unspecified atom stereocenters. The fraction of sp³-hybridized carbons (Fsp3) is 0.286. The Morgan fingerprint density at radius 3 is 2.40 bits per heavy atom. The highest BCUT2D eigenvalue weighted by Crippen LogP contribution is 2.27. The molecule has 1 heterocycles. The average molecular weight is 273 g/mol. The Kier molecular flexibility index (Phi) is 3.65. The summed E-state index contributed by atoms with van der Waals surface area (Å²) in [6.45, 7) is 6.32. The number of hydrogen-bond acceptors (Lipinski definition) is 5. The van der Waals surface area contributed by atoms with E-state index in [2.05, 4.69) is 30.7 Å². The number of rotatable bonds is 3. The van der Waals surface area contributed by atoms with E-state index >= 15 is 0 Å². The van der Waals surface area contributed by atoms with Gasteiger partial charge in [0.1, 0.15) is 18.1 Å². The molecule has 0 saturated carbocycles. The molecule has 0 amide bonds. The van der Waals surface area contributed by atoms with Crippen LogP contribution in [0.15, 0.2) is 36.7 Å². The van der Waals surface area contributed by atoms with Gasteiger partial charge in [-0.2, -0.15) is 9.97 Å². The lowest BCUT2D eigenvalue weighted by Gasteiger charge is -2.19. The highest BCUT2D eigenvalue weighted by Gasteiger charge is 2.14. The molecule has 0 fully saturated rings. The molecule has 0 bridgehead atoms. The monoisotopic (exact) mass is 273 g/mol. The van der Waals surface area contributed by atoms with Crippen molar-refractivity contribution in [3.05, 3.63) is 52.3 Å². The topological polar surface area (TPSA) is 78.2 Å². The van der Waals surface area contributed by atoms with Gasteiger partial charge in [0.2, 0.25) is 0 Å². The number of nitro groups is 1. The van der Waals surface area contributed by atoms with Crippen LogP contribution in [0.25, 0.3) is 0 Å². The first-order valence-electron chi connectivity index (χ1n) is 6.11. The van der Waals surface area contributed by atoms with Gasteiger partial charge in [-0.15, -0.1) is 0 Å². The molecular weight excluding hydrogens is 258 g/mol. The third-order valence-electron chi connectivity index (χ3n) is 2.73. The van der Waals surface area contributed by atoms with Crippen LogP contribution in [0, 0.1) is 10.1 Å². The molecule has 0 aliphatic carbocycles. The van der Waals surface area contributed by atoms with Crippen LogP contribution in [0.2, 0.25) is 0 Å². The van der Waals surface area contributed by atoms with E-state index in [1.807, 2.05) is 18.2 Å². The van der Waals surface area contributed by atoms with E-state index in [1.54, 1.807) is 6.07 Å². The zero-order valence-corrected chi connectivity index (χ0v) is 11.5. The minimum absolute atomic E-state index is 0.00962. The Morgan fingerprint density at radius 2 is 1.85 bits per heavy atom. The summed E-state index contributed by atoms with van der Waals surface area (Å²) in [5.41, 5.74) is 0.966. The molecule has 0 atom stereocenters. The number of ether oxygens (including phenoxy) is 1. The van der Waals surface area contributed by atoms with Crippen molar-refractivity contribution in [2.24, 2.45) is 0 Å². The third kappa shape index (κ3) is 3.28. The van der Waals surface area contributed by atoms with E-state index in [0.717, 1.165) is 18.0 Å². The van der Waals surface area contributed by atoms with Crippen LogP contribution in [0.4, 0.5) is 5.69 Å². The van der Waals surface area contributed by atoms with Gasteiger partial charge < -0.3 is 4.74 Å². The molecule has 0 spiro atoms. The molecule has 0 aliphatic heterocycles. The molecule has 2 rings (SSSR count). The molecule has 1 aromatic carbocycles. The summed E-state index contributed by atoms with van der Waals surface area (Å²) in [6, 6.07) is 7.69. The Morgan fingerprint density at radius 1 is 1.20 bits per heavy atom. The van der Waals surface area contributed by atoms with Crippen molar-refractivity contribution in [3.8, 4) is 11.8 Å². The molecule has 2 aromatic rings. The fourth-order valence-corrected chi connectivity index (χ4v) is 1.59. The minimum atomic E-state index is -0.552. The van der Waals surface area contributed by atoms with Gasteiger partial charge in [-0.25, -0.2) is 0 Å². The van der Waals surface area contributed by atoms with Gasteiger partial charge in [0, 0.05) is 0 Å². The smallest absolute Gasteiger partial charge is 0.322 e. The lowest BCUT2D eigenvalue weighted by Crippen LogP contribution is -2.10. The van der Waals surface area contributed by atoms with Gasteiger partial charge in [-0.1, -0.05) is 32.9 Å². The van der Waals surface area contributed by atoms with E-state index < -0.39 is 4.92 Å². The van der Waals surface area contributed by atoms with Crippen LogP contribution < -0.4 is 4.74 Å². The van der Waals surface area contributed by atoms with Gasteiger partial charge in [-0.05, 0) is 23.1 Å². The van der Waals surface area contributed by atoms with Crippen molar-refractivity contribution in [1.82, 2.24) is 9.97 Å². The highest BCUT2D eigenvalue weighted by molar-refractivity contribution is 5.34. The van der Waals surface area contributed by atoms with Gasteiger partial charge in [0.15, 0.2) is 0 Å². The maximum absolute atomic E-state index is 10.5. The van der Waals surface area contributed by atoms with E-state index in [1.165, 1.54) is 0 Å². The third-order valence-corrected chi connectivity index (χ3v) is 2.73. The minimum Gasteiger partial charge on any atom is -0.424 e. The molecule has 0 radical (unpaired) electrons. The van der Waals surface area contributed by atoms with Crippen molar-refractivity contribution in [2.75, 3.05) is 0 Å². The SMILES string of the molecule is CC(C)(C)c1cccc(Oc2ncc([N+](=O)[O-])cn2)c1. The first kappa shape index (κ1) is 13.9. The second kappa shape index (κ2) is 5.24. The van der Waals surface area contributed by atoms with Crippen molar-refractivity contribution in [2.45, 2.75) is 26.2 Å². The summed E-state index contributed by atoms with van der Waals surface area (Å²) in [4.78, 5) is 17.6. The number of aromatic nitrogens is 2. The van der Waals surface area contributed by atoms with Crippen molar-refractivity contribution in [1.29, 1.82) is 0 Å². The first-order chi connectivity index (χ1) is 9.36. The summed E-state index contributed by atoms with van der Waals surface area (Å²) in [6.07, 6.45) is 2.24. The average Bonchev–Trinajstić information content (AvgIpc) is 2.38. The van der Waals surface area contributed by atoms with E-state index in [-0.39, 0.29) is 17.1 Å². The Labute approximate surface area is 116 Å². The van der Waals surface area contributed by atoms with Crippen molar-refractivity contribution >= 4 is 5.69 Å². The van der Waals surface area contributed by atoms with Gasteiger partial charge in [0.05, 0.1) is 4.92 Å². The van der Waals surface area contributed by atoms with Crippen LogP contribution in [0.3, 0.4) is 0 Å². The van der Waals surface area contributed by atoms with Crippen molar-refractivity contribution in [3.63, 3.8) is 0 Å². The van der Waals surface area contributed by atoms with Crippen LogP contribution in [0.1, 0.15) is 26.3 Å². The largest absolute Gasteiger partial charge is 0.424 e. The van der Waals surface area contributed by atoms with Gasteiger partial charge >= 0.3 is 11.7 Å². The predicted molar refractivity (Wildman–Crippen MR) is 73.9 cm³/mol. The van der Waals surface area contributed by atoms with Gasteiger partial charge in [0.25, 0.3) is 0 Å². The molecule has 6 nitrogen and oxygen atoms in total. The Balaban J connectivity index is 2.20. The second-order valence-corrected chi connectivity index (χ2v) is 5.36. The highest BCUT2D eigenvalue weighted by atomic mass is 16.6. The van der Waals surface area contributed by atoms with Gasteiger partial charge in [-0.3, -0.25) is 10.1 Å². The van der Waals surface area contributed by atoms with Crippen LogP contribution in [-0.2, 0) is 5.41 Å². The number of benzene rings is 1. The second-order valence-electron chi connectivity index (χ2n) is 5.36. The maximum Gasteiger partial charge on any atom is 0.322 e. The predicted octanol–water partition coefficient (Wildman–Crippen LogP) is 3.47. The Hall–Kier alpha value is -2.50. The molecule has 0 N–H and O–H groups in total. The molecule has 20 heavy (non-hydrogen) atoms. The first-order valence-corrected chi connectivity index (χ1v) is 6.11. The summed E-state index contributed by atoms with van der Waals surface area (Å²) in [7, 11) is 0. The number of hydrogen-bond donors (Lipinski definition) is 0. The van der Waals surface area contributed by atoms with Crippen LogP contribution in [-0.4, -0.2) is 14.9 Å². The summed E-state index contributed by atoms with van der Waals surface area (Å²) < 4.78 is 5.50. The Bertz CT molecular complexity index is 618. The number of nitrogens with zero attached hydrogens (tertiary/aromatic N) is 3. The fourth-order valence-electron chi connectivity index (χ4n) is 1.59. The standard InChI is InChI=1S/C14H15N3O3/c1-14(2,3)10-5-4-6-12(7-10)20-13-15-8-11(9-16-13)17(18)19/h4-9H,1-3H3. The van der Waals surface area contributed by atoms with Crippen LogP contribution >= 0.6 is 0 Å². The molecule has 6 heteroatoms. The maximum atomic E-state index is 10.5. The summed E-state index contributed by atoms with van der Waals surface area (Å²) in [5, 5.41) is 10.5. The molecule has 0 aliphatic rings. The molecule has 1 aromatic heterocycles. The molecular formula is C14H15N3O3. The van der Waals surface area contributed by atoms with Crippen LogP contribution in [0.5, 0.6) is 11.8 Å². The van der Waals surface area contributed by atoms with Crippen molar-refractivity contribution < 1.29 is 9.66 Å². The molecule has 0 saturated heterocycles. The van der Waals surface area contributed by atoms with E-state index in [0.29, 0.717) is 5.75 Å². The molecule has 104 valence electrons. The zero-order chi connectivity index (χ0) is 14.8. The lowest BCUT2D eigenvalue weighted by atomic mass is 9.87. The quantitative estimate of drug-likeness (QED) is 0.632.